The molecule has 1 amide bonds. The maximum atomic E-state index is 12.0. The number of nitrogens with two attached hydrogens (primary N) is 1. The van der Waals surface area contributed by atoms with Crippen molar-refractivity contribution >= 4 is 11.7 Å². The van der Waals surface area contributed by atoms with Gasteiger partial charge in [-0.05, 0) is 44.7 Å². The Morgan fingerprint density at radius 3 is 2.82 bits per heavy atom. The second-order valence-corrected chi connectivity index (χ2v) is 4.83. The van der Waals surface area contributed by atoms with Gasteiger partial charge in [0.15, 0.2) is 11.6 Å². The first kappa shape index (κ1) is 11.9. The highest BCUT2D eigenvalue weighted by Gasteiger charge is 2.44. The van der Waals surface area contributed by atoms with Gasteiger partial charge in [-0.1, -0.05) is 0 Å². The topological polar surface area (TPSA) is 88.2 Å². The number of anilines is 1. The highest BCUT2D eigenvalue weighted by molar-refractivity contribution is 5.98. The molecule has 92 valence electrons. The molecule has 1 aliphatic carbocycles. The molecule has 2 rings (SSSR count). The molecule has 5 nitrogen and oxygen atoms in total. The van der Waals surface area contributed by atoms with Crippen LogP contribution in [0, 0.1) is 12.8 Å². The Labute approximate surface area is 100 Å². The number of carbonyl (C=O) groups is 1. The maximum absolute atomic E-state index is 12.0. The number of hydrogen-bond acceptors (Lipinski definition) is 4. The zero-order chi connectivity index (χ0) is 12.6. The normalized spacial score (nSPS) is 18.5. The Morgan fingerprint density at radius 1 is 1.59 bits per heavy atom. The second kappa shape index (κ2) is 4.00. The van der Waals surface area contributed by atoms with Crippen LogP contribution in [0.1, 0.15) is 25.5 Å². The lowest BCUT2D eigenvalue weighted by Gasteiger charge is -2.23. The van der Waals surface area contributed by atoms with Crippen molar-refractivity contribution in [2.24, 2.45) is 11.7 Å². The third-order valence-corrected chi connectivity index (χ3v) is 3.16. The molecule has 1 aromatic heterocycles. The van der Waals surface area contributed by atoms with Gasteiger partial charge in [0.25, 0.3) is 0 Å². The van der Waals surface area contributed by atoms with Crippen molar-refractivity contribution in [2.45, 2.75) is 32.2 Å². The van der Waals surface area contributed by atoms with Gasteiger partial charge < -0.3 is 16.2 Å². The van der Waals surface area contributed by atoms with Gasteiger partial charge in [-0.3, -0.25) is 4.79 Å². The number of carbonyl (C=O) groups excluding carboxylic acids is 1. The summed E-state index contributed by atoms with van der Waals surface area (Å²) < 4.78 is 0. The number of pyridine rings is 1. The van der Waals surface area contributed by atoms with E-state index >= 15 is 0 Å². The van der Waals surface area contributed by atoms with Crippen molar-refractivity contribution in [1.82, 2.24) is 4.98 Å². The van der Waals surface area contributed by atoms with Gasteiger partial charge in [0.05, 0.1) is 5.54 Å². The standard InChI is InChI=1S/C12H17N3O2/c1-7-3-6-9(16)10(14-7)15-11(17)12(2,13)8-4-5-8/h3,6,8,16H,4-5,13H2,1-2H3,(H,14,15,17). The summed E-state index contributed by atoms with van der Waals surface area (Å²) in [7, 11) is 0. The minimum Gasteiger partial charge on any atom is -0.504 e. The van der Waals surface area contributed by atoms with Gasteiger partial charge in [-0.25, -0.2) is 4.98 Å². The lowest BCUT2D eigenvalue weighted by molar-refractivity contribution is -0.121. The quantitative estimate of drug-likeness (QED) is 0.733. The van der Waals surface area contributed by atoms with Crippen LogP contribution in [0.25, 0.3) is 0 Å². The van der Waals surface area contributed by atoms with E-state index in [-0.39, 0.29) is 23.4 Å². The fraction of sp³-hybridized carbons (Fsp3) is 0.500. The van der Waals surface area contributed by atoms with E-state index in [0.717, 1.165) is 18.5 Å². The number of nitrogens with one attached hydrogen (secondary N) is 1. The minimum atomic E-state index is -0.891. The summed E-state index contributed by atoms with van der Waals surface area (Å²) in [6.45, 7) is 3.50. The molecule has 5 heteroatoms. The summed E-state index contributed by atoms with van der Waals surface area (Å²) in [6, 6.07) is 3.18. The zero-order valence-corrected chi connectivity index (χ0v) is 10.0. The van der Waals surface area contributed by atoms with E-state index in [1.807, 2.05) is 0 Å². The van der Waals surface area contributed by atoms with Crippen molar-refractivity contribution in [1.29, 1.82) is 0 Å². The first-order valence-corrected chi connectivity index (χ1v) is 5.68. The number of nitrogens with zero attached hydrogens (tertiary/aromatic N) is 1. The Morgan fingerprint density at radius 2 is 2.24 bits per heavy atom. The molecule has 0 bridgehead atoms. The van der Waals surface area contributed by atoms with Crippen LogP contribution in [0.4, 0.5) is 5.82 Å². The molecule has 0 radical (unpaired) electrons. The molecule has 1 unspecified atom stereocenters. The summed E-state index contributed by atoms with van der Waals surface area (Å²) in [5.74, 6) is 0.0609. The average molecular weight is 235 g/mol. The molecule has 1 atom stereocenters. The molecule has 1 aliphatic rings. The number of aromatic hydroxyl groups is 1. The Hall–Kier alpha value is -1.62. The molecule has 0 aliphatic heterocycles. The zero-order valence-electron chi connectivity index (χ0n) is 10.0. The predicted molar refractivity (Wildman–Crippen MR) is 64.6 cm³/mol. The van der Waals surface area contributed by atoms with Crippen LogP contribution in [-0.2, 0) is 4.79 Å². The van der Waals surface area contributed by atoms with Crippen molar-refractivity contribution < 1.29 is 9.90 Å². The van der Waals surface area contributed by atoms with Crippen molar-refractivity contribution in [3.8, 4) is 5.75 Å². The highest BCUT2D eigenvalue weighted by Crippen LogP contribution is 2.38. The maximum Gasteiger partial charge on any atom is 0.245 e. The minimum absolute atomic E-state index is 0.0458. The van der Waals surface area contributed by atoms with Crippen LogP contribution in [0.3, 0.4) is 0 Å². The molecular formula is C12H17N3O2. The SMILES string of the molecule is Cc1ccc(O)c(NC(=O)C(C)(N)C2CC2)n1. The lowest BCUT2D eigenvalue weighted by atomic mass is 9.96. The van der Waals surface area contributed by atoms with Gasteiger partial charge in [-0.15, -0.1) is 0 Å². The van der Waals surface area contributed by atoms with Crippen molar-refractivity contribution in [3.05, 3.63) is 17.8 Å². The monoisotopic (exact) mass is 235 g/mol. The van der Waals surface area contributed by atoms with Crippen LogP contribution >= 0.6 is 0 Å². The third kappa shape index (κ3) is 2.39. The summed E-state index contributed by atoms with van der Waals surface area (Å²) in [4.78, 5) is 16.1. The molecule has 17 heavy (non-hydrogen) atoms. The van der Waals surface area contributed by atoms with E-state index in [2.05, 4.69) is 10.3 Å². The van der Waals surface area contributed by atoms with E-state index in [1.165, 1.54) is 6.07 Å². The number of hydrogen-bond donors (Lipinski definition) is 3. The van der Waals surface area contributed by atoms with Crippen LogP contribution in [0.15, 0.2) is 12.1 Å². The first-order chi connectivity index (χ1) is 7.91. The lowest BCUT2D eigenvalue weighted by Crippen LogP contribution is -2.50. The molecule has 1 aromatic rings. The van der Waals surface area contributed by atoms with Crippen molar-refractivity contribution in [3.63, 3.8) is 0 Å². The van der Waals surface area contributed by atoms with Crippen LogP contribution in [0.5, 0.6) is 5.75 Å². The Kier molecular flexibility index (Phi) is 2.79. The number of aryl methyl sites for hydroxylation is 1. The number of rotatable bonds is 3. The van der Waals surface area contributed by atoms with Crippen molar-refractivity contribution in [2.75, 3.05) is 5.32 Å². The van der Waals surface area contributed by atoms with E-state index in [4.69, 9.17) is 5.73 Å². The van der Waals surface area contributed by atoms with E-state index < -0.39 is 5.54 Å². The fourth-order valence-corrected chi connectivity index (χ4v) is 1.75. The molecular weight excluding hydrogens is 218 g/mol. The highest BCUT2D eigenvalue weighted by atomic mass is 16.3. The first-order valence-electron chi connectivity index (χ1n) is 5.68. The average Bonchev–Trinajstić information content (AvgIpc) is 3.07. The summed E-state index contributed by atoms with van der Waals surface area (Å²) >= 11 is 0. The summed E-state index contributed by atoms with van der Waals surface area (Å²) in [6.07, 6.45) is 1.96. The van der Waals surface area contributed by atoms with Gasteiger partial charge >= 0.3 is 0 Å². The van der Waals surface area contributed by atoms with Gasteiger partial charge in [-0.2, -0.15) is 0 Å². The molecule has 4 N–H and O–H groups in total. The van der Waals surface area contributed by atoms with Gasteiger partial charge in [0.2, 0.25) is 5.91 Å². The van der Waals surface area contributed by atoms with E-state index in [1.54, 1.807) is 19.9 Å². The smallest absolute Gasteiger partial charge is 0.245 e. The Balaban J connectivity index is 2.15. The number of aromatic nitrogens is 1. The predicted octanol–water partition coefficient (Wildman–Crippen LogP) is 1.16. The summed E-state index contributed by atoms with van der Waals surface area (Å²) in [5.41, 5.74) is 5.81. The summed E-state index contributed by atoms with van der Waals surface area (Å²) in [5, 5.41) is 12.2. The molecule has 1 saturated carbocycles. The van der Waals surface area contributed by atoms with Gasteiger partial charge in [0.1, 0.15) is 0 Å². The molecule has 0 saturated heterocycles. The molecule has 0 spiro atoms. The van der Waals surface area contributed by atoms with Crippen LogP contribution in [0.2, 0.25) is 0 Å². The largest absolute Gasteiger partial charge is 0.504 e. The molecule has 1 fully saturated rings. The molecule has 0 aromatic carbocycles. The molecule has 1 heterocycles. The number of amides is 1. The second-order valence-electron chi connectivity index (χ2n) is 4.83. The van der Waals surface area contributed by atoms with Gasteiger partial charge in [0, 0.05) is 5.69 Å². The van der Waals surface area contributed by atoms with E-state index in [9.17, 15) is 9.90 Å². The fourth-order valence-electron chi connectivity index (χ4n) is 1.75. The van der Waals surface area contributed by atoms with E-state index in [0.29, 0.717) is 0 Å². The Bertz CT molecular complexity index is 453. The van der Waals surface area contributed by atoms with Crippen LogP contribution in [-0.4, -0.2) is 21.5 Å². The van der Waals surface area contributed by atoms with Crippen LogP contribution < -0.4 is 11.1 Å². The third-order valence-electron chi connectivity index (χ3n) is 3.16.